The predicted octanol–water partition coefficient (Wildman–Crippen LogP) is 4.10. The van der Waals surface area contributed by atoms with Gasteiger partial charge in [0.15, 0.2) is 5.82 Å². The lowest BCUT2D eigenvalue weighted by Gasteiger charge is -2.15. The lowest BCUT2D eigenvalue weighted by Crippen LogP contribution is -2.35. The van der Waals surface area contributed by atoms with E-state index in [1.54, 1.807) is 4.57 Å². The number of anilines is 3. The minimum Gasteiger partial charge on any atom is -0.754 e. The molecule has 0 bridgehead atoms. The van der Waals surface area contributed by atoms with E-state index in [1.165, 1.54) is 36.4 Å². The number of alkyl halides is 3. The molecule has 4 rings (SSSR count). The van der Waals surface area contributed by atoms with E-state index in [-0.39, 0.29) is 23.3 Å². The summed E-state index contributed by atoms with van der Waals surface area (Å²) < 4.78 is 54.0. The minimum absolute atomic E-state index is 0.207. The molecule has 2 heterocycles. The Balaban J connectivity index is 1.79. The van der Waals surface area contributed by atoms with Crippen molar-refractivity contribution in [2.75, 3.05) is 11.1 Å². The summed E-state index contributed by atoms with van der Waals surface area (Å²) in [6.07, 6.45) is -3.99. The summed E-state index contributed by atoms with van der Waals surface area (Å²) in [6, 6.07) is 9.53. The molecule has 0 amide bonds. The van der Waals surface area contributed by atoms with Crippen LogP contribution in [0.15, 0.2) is 48.5 Å². The van der Waals surface area contributed by atoms with E-state index >= 15 is 0 Å². The normalized spacial score (nSPS) is 11.8. The number of nitrogens with one attached hydrogen (secondary N) is 1. The molecule has 0 aliphatic carbocycles. The molecule has 0 unspecified atom stereocenters. The van der Waals surface area contributed by atoms with Gasteiger partial charge >= 0.3 is 12.1 Å². The zero-order valence-electron chi connectivity index (χ0n) is 16.1. The Morgan fingerprint density at radius 3 is 2.45 bits per heavy atom. The average Bonchev–Trinajstić information content (AvgIpc) is 3.08. The Morgan fingerprint density at radius 1 is 1.10 bits per heavy atom. The SMILES string of the molecule is CCc1nc2ccc(F)cc2n1-c1cc(N)[n+]([O-])c(Nc2ccc(C(F)(F)F)cc2)n1. The van der Waals surface area contributed by atoms with Gasteiger partial charge in [-0.15, -0.1) is 0 Å². The highest BCUT2D eigenvalue weighted by atomic mass is 19.4. The number of halogens is 4. The fourth-order valence-corrected chi connectivity index (χ4v) is 3.16. The fourth-order valence-electron chi connectivity index (χ4n) is 3.16. The van der Waals surface area contributed by atoms with Gasteiger partial charge in [-0.1, -0.05) is 11.9 Å². The quantitative estimate of drug-likeness (QED) is 0.288. The van der Waals surface area contributed by atoms with Crippen molar-refractivity contribution in [2.45, 2.75) is 19.5 Å². The number of nitrogen functional groups attached to an aromatic ring is 1. The minimum atomic E-state index is -4.48. The van der Waals surface area contributed by atoms with Gasteiger partial charge in [-0.3, -0.25) is 9.88 Å². The molecular formula is C20H16F4N6O. The van der Waals surface area contributed by atoms with Gasteiger partial charge in [0, 0.05) is 12.5 Å². The van der Waals surface area contributed by atoms with Crippen molar-refractivity contribution in [3.8, 4) is 5.82 Å². The summed E-state index contributed by atoms with van der Waals surface area (Å²) in [7, 11) is 0. The summed E-state index contributed by atoms with van der Waals surface area (Å²) in [5.74, 6) is -0.155. The molecule has 0 fully saturated rings. The van der Waals surface area contributed by atoms with Gasteiger partial charge < -0.3 is 10.9 Å². The topological polar surface area (TPSA) is 95.7 Å². The molecule has 11 heteroatoms. The number of hydrogen-bond donors (Lipinski definition) is 2. The number of rotatable bonds is 4. The average molecular weight is 432 g/mol. The highest BCUT2D eigenvalue weighted by molar-refractivity contribution is 5.78. The summed E-state index contributed by atoms with van der Waals surface area (Å²) in [6.45, 7) is 1.86. The van der Waals surface area contributed by atoms with Gasteiger partial charge in [-0.2, -0.15) is 13.2 Å². The highest BCUT2D eigenvalue weighted by Gasteiger charge is 2.30. The van der Waals surface area contributed by atoms with Crippen LogP contribution in [-0.2, 0) is 12.6 Å². The molecule has 0 radical (unpaired) electrons. The molecule has 0 saturated carbocycles. The van der Waals surface area contributed by atoms with Gasteiger partial charge in [0.05, 0.1) is 28.4 Å². The molecule has 0 saturated heterocycles. The van der Waals surface area contributed by atoms with Gasteiger partial charge in [0.2, 0.25) is 5.82 Å². The third kappa shape index (κ3) is 3.81. The molecule has 31 heavy (non-hydrogen) atoms. The van der Waals surface area contributed by atoms with Crippen LogP contribution in [0.25, 0.3) is 16.9 Å². The van der Waals surface area contributed by atoms with Crippen LogP contribution in [0, 0.1) is 11.0 Å². The van der Waals surface area contributed by atoms with Crippen LogP contribution in [0.3, 0.4) is 0 Å². The Kier molecular flexibility index (Phi) is 4.88. The molecule has 160 valence electrons. The van der Waals surface area contributed by atoms with Crippen molar-refractivity contribution in [1.82, 2.24) is 14.5 Å². The molecule has 2 aromatic heterocycles. The van der Waals surface area contributed by atoms with E-state index in [1.807, 2.05) is 6.92 Å². The Hall–Kier alpha value is -3.89. The van der Waals surface area contributed by atoms with Gasteiger partial charge in [0.25, 0.3) is 0 Å². The van der Waals surface area contributed by atoms with Crippen molar-refractivity contribution in [3.05, 3.63) is 70.9 Å². The zero-order chi connectivity index (χ0) is 22.3. The summed E-state index contributed by atoms with van der Waals surface area (Å²) in [4.78, 5) is 8.72. The largest absolute Gasteiger partial charge is 0.754 e. The molecule has 0 atom stereocenters. The van der Waals surface area contributed by atoms with E-state index in [0.717, 1.165) is 12.1 Å². The standard InChI is InChI=1S/C20H16F4N6O/c1-2-17-27-14-8-5-12(21)9-15(14)29(17)18-10-16(25)30(31)19(28-18)26-13-6-3-11(4-7-13)20(22,23)24/h3-10H,2,25H2,1H3,(H,26,28). The zero-order valence-corrected chi connectivity index (χ0v) is 16.1. The van der Waals surface area contributed by atoms with Crippen molar-refractivity contribution in [3.63, 3.8) is 0 Å². The molecule has 0 aliphatic rings. The van der Waals surface area contributed by atoms with E-state index in [4.69, 9.17) is 5.73 Å². The molecule has 0 spiro atoms. The first-order valence-corrected chi connectivity index (χ1v) is 9.19. The summed E-state index contributed by atoms with van der Waals surface area (Å²) in [5.41, 5.74) is 6.20. The third-order valence-corrected chi connectivity index (χ3v) is 4.62. The number of aryl methyl sites for hydroxylation is 1. The number of nitrogens with two attached hydrogens (primary N) is 1. The van der Waals surface area contributed by atoms with Crippen LogP contribution in [0.2, 0.25) is 0 Å². The number of imidazole rings is 1. The molecule has 2 aromatic carbocycles. The maximum atomic E-state index is 13.8. The first-order chi connectivity index (χ1) is 14.7. The van der Waals surface area contributed by atoms with Gasteiger partial charge in [-0.25, -0.2) is 14.1 Å². The van der Waals surface area contributed by atoms with Crippen molar-refractivity contribution in [2.24, 2.45) is 0 Å². The predicted molar refractivity (Wildman–Crippen MR) is 106 cm³/mol. The molecule has 4 aromatic rings. The summed E-state index contributed by atoms with van der Waals surface area (Å²) in [5, 5.41) is 15.1. The lowest BCUT2D eigenvalue weighted by molar-refractivity contribution is -0.577. The van der Waals surface area contributed by atoms with Crippen LogP contribution >= 0.6 is 0 Å². The smallest absolute Gasteiger partial charge is 0.416 e. The Bertz CT molecular complexity index is 1270. The maximum absolute atomic E-state index is 13.8. The first-order valence-electron chi connectivity index (χ1n) is 9.19. The molecule has 7 nitrogen and oxygen atoms in total. The van der Waals surface area contributed by atoms with E-state index in [0.29, 0.717) is 28.0 Å². The number of benzene rings is 2. The molecule has 3 N–H and O–H groups in total. The van der Waals surface area contributed by atoms with Crippen LogP contribution < -0.4 is 15.8 Å². The summed E-state index contributed by atoms with van der Waals surface area (Å²) >= 11 is 0. The van der Waals surface area contributed by atoms with E-state index in [2.05, 4.69) is 15.3 Å². The van der Waals surface area contributed by atoms with Crippen molar-refractivity contribution in [1.29, 1.82) is 0 Å². The second-order valence-corrected chi connectivity index (χ2v) is 6.71. The lowest BCUT2D eigenvalue weighted by atomic mass is 10.2. The number of fused-ring (bicyclic) bond motifs is 1. The Labute approximate surface area is 173 Å². The van der Waals surface area contributed by atoms with E-state index < -0.39 is 17.6 Å². The van der Waals surface area contributed by atoms with Gasteiger partial charge in [0.1, 0.15) is 11.6 Å². The number of hydrogen-bond acceptors (Lipinski definition) is 5. The van der Waals surface area contributed by atoms with Gasteiger partial charge in [-0.05, 0) is 36.4 Å². The number of aromatic nitrogens is 4. The van der Waals surface area contributed by atoms with Crippen molar-refractivity contribution < 1.29 is 22.3 Å². The third-order valence-electron chi connectivity index (χ3n) is 4.62. The van der Waals surface area contributed by atoms with Crippen LogP contribution in [0.5, 0.6) is 0 Å². The number of nitrogens with zero attached hydrogens (tertiary/aromatic N) is 4. The maximum Gasteiger partial charge on any atom is 0.416 e. The Morgan fingerprint density at radius 2 is 1.81 bits per heavy atom. The van der Waals surface area contributed by atoms with E-state index in [9.17, 15) is 22.8 Å². The second-order valence-electron chi connectivity index (χ2n) is 6.71. The second kappa shape index (κ2) is 7.42. The van der Waals surface area contributed by atoms with Crippen molar-refractivity contribution >= 4 is 28.5 Å². The highest BCUT2D eigenvalue weighted by Crippen LogP contribution is 2.30. The fraction of sp³-hybridized carbons (Fsp3) is 0.150. The van der Waals surface area contributed by atoms with Crippen LogP contribution in [0.4, 0.5) is 35.0 Å². The first kappa shape index (κ1) is 20.4. The van der Waals surface area contributed by atoms with Crippen LogP contribution in [-0.4, -0.2) is 14.5 Å². The monoisotopic (exact) mass is 432 g/mol. The molecular weight excluding hydrogens is 416 g/mol. The van der Waals surface area contributed by atoms with Crippen LogP contribution in [0.1, 0.15) is 18.3 Å². The molecule has 0 aliphatic heterocycles.